The number of esters is 1. The molecule has 3 rings (SSSR count). The van der Waals surface area contributed by atoms with E-state index in [0.29, 0.717) is 19.4 Å². The maximum atomic E-state index is 12.9. The highest BCUT2D eigenvalue weighted by Gasteiger charge is 2.31. The number of hydrogen-bond acceptors (Lipinski definition) is 5. The Morgan fingerprint density at radius 3 is 2.77 bits per heavy atom. The van der Waals surface area contributed by atoms with Gasteiger partial charge in [0.25, 0.3) is 0 Å². The van der Waals surface area contributed by atoms with E-state index in [4.69, 9.17) is 4.74 Å². The zero-order chi connectivity index (χ0) is 21.3. The lowest BCUT2D eigenvalue weighted by molar-refractivity contribution is -0.150. The number of hydrogen-bond donors (Lipinski definition) is 2. The molecular weight excluding hydrogens is 384 g/mol. The summed E-state index contributed by atoms with van der Waals surface area (Å²) < 4.78 is 5.59. The number of aliphatic hydroxyl groups excluding tert-OH is 1. The summed E-state index contributed by atoms with van der Waals surface area (Å²) in [5, 5.41) is 12.4. The molecule has 0 aliphatic carbocycles. The smallest absolute Gasteiger partial charge is 0.306 e. The predicted molar refractivity (Wildman–Crippen MR) is 111 cm³/mol. The summed E-state index contributed by atoms with van der Waals surface area (Å²) in [6.07, 6.45) is 6.14. The molecule has 7 heteroatoms. The molecule has 0 saturated carbocycles. The molecule has 2 aliphatic rings. The van der Waals surface area contributed by atoms with Gasteiger partial charge < -0.3 is 20.1 Å². The maximum Gasteiger partial charge on any atom is 0.306 e. The number of allylic oxidation sites excluding steroid dienone is 2. The molecule has 1 aromatic carbocycles. The van der Waals surface area contributed by atoms with Crippen molar-refractivity contribution in [2.75, 3.05) is 19.7 Å². The molecule has 3 atom stereocenters. The van der Waals surface area contributed by atoms with Crippen molar-refractivity contribution in [3.63, 3.8) is 0 Å². The van der Waals surface area contributed by atoms with Gasteiger partial charge in [0.2, 0.25) is 11.8 Å². The molecule has 2 amide bonds. The Morgan fingerprint density at radius 2 is 2.00 bits per heavy atom. The van der Waals surface area contributed by atoms with E-state index in [2.05, 4.69) is 5.32 Å². The topological polar surface area (TPSA) is 95.9 Å². The fourth-order valence-corrected chi connectivity index (χ4v) is 3.99. The summed E-state index contributed by atoms with van der Waals surface area (Å²) in [5.41, 5.74) is 0.814. The summed E-state index contributed by atoms with van der Waals surface area (Å²) in [4.78, 5) is 39.5. The Kier molecular flexibility index (Phi) is 8.02. The van der Waals surface area contributed by atoms with Crippen molar-refractivity contribution in [2.45, 2.75) is 50.7 Å². The molecule has 2 heterocycles. The number of cyclic esters (lactones) is 1. The fourth-order valence-electron chi connectivity index (χ4n) is 3.99. The highest BCUT2D eigenvalue weighted by Crippen LogP contribution is 2.22. The zero-order valence-electron chi connectivity index (χ0n) is 17.2. The monoisotopic (exact) mass is 414 g/mol. The average Bonchev–Trinajstić information content (AvgIpc) is 3.24. The first kappa shape index (κ1) is 22.0. The van der Waals surface area contributed by atoms with Crippen LogP contribution < -0.4 is 5.32 Å². The number of ether oxygens (including phenoxy) is 1. The number of amides is 2. The number of carbonyl (C=O) groups excluding carboxylic acids is 3. The second-order valence-electron chi connectivity index (χ2n) is 7.85. The van der Waals surface area contributed by atoms with Crippen molar-refractivity contribution < 1.29 is 24.2 Å². The summed E-state index contributed by atoms with van der Waals surface area (Å²) in [5.74, 6) is -1.14. The highest BCUT2D eigenvalue weighted by molar-refractivity contribution is 5.86. The van der Waals surface area contributed by atoms with Gasteiger partial charge in [0, 0.05) is 19.4 Å². The molecule has 0 unspecified atom stereocenters. The van der Waals surface area contributed by atoms with E-state index < -0.39 is 12.0 Å². The van der Waals surface area contributed by atoms with E-state index in [1.54, 1.807) is 4.90 Å². The standard InChI is InChI=1S/C23H30N2O5/c26-16-19-11-7-13-25(19)21(27)14-18-10-5-2-6-12-22(28)30-20(15-24-23(18)29)17-8-3-1-4-9-17/h1-5,8-9,18-20,26H,6-7,10-16H2,(H,24,29)/t18-,19+,20-/m1/s1. The Bertz CT molecular complexity index is 764. The van der Waals surface area contributed by atoms with Crippen LogP contribution in [0.3, 0.4) is 0 Å². The maximum absolute atomic E-state index is 12.9. The number of nitrogens with one attached hydrogen (secondary N) is 1. The van der Waals surface area contributed by atoms with Crippen molar-refractivity contribution in [1.29, 1.82) is 0 Å². The molecule has 1 fully saturated rings. The van der Waals surface area contributed by atoms with Crippen molar-refractivity contribution in [1.82, 2.24) is 10.2 Å². The van der Waals surface area contributed by atoms with Crippen molar-refractivity contribution in [2.24, 2.45) is 5.92 Å². The first-order valence-corrected chi connectivity index (χ1v) is 10.7. The quantitative estimate of drug-likeness (QED) is 0.581. The van der Waals surface area contributed by atoms with E-state index in [-0.39, 0.29) is 49.8 Å². The number of benzene rings is 1. The highest BCUT2D eigenvalue weighted by atomic mass is 16.5. The third-order valence-corrected chi connectivity index (χ3v) is 5.71. The van der Waals surface area contributed by atoms with Gasteiger partial charge in [0.1, 0.15) is 6.10 Å². The van der Waals surface area contributed by atoms with Gasteiger partial charge in [0.15, 0.2) is 0 Å². The predicted octanol–water partition coefficient (Wildman–Crippen LogP) is 2.12. The van der Waals surface area contributed by atoms with E-state index >= 15 is 0 Å². The third-order valence-electron chi connectivity index (χ3n) is 5.71. The number of likely N-dealkylation sites (tertiary alicyclic amines) is 1. The van der Waals surface area contributed by atoms with Gasteiger partial charge in [-0.3, -0.25) is 14.4 Å². The first-order valence-electron chi connectivity index (χ1n) is 10.7. The van der Waals surface area contributed by atoms with Crippen LogP contribution in [0.25, 0.3) is 0 Å². The van der Waals surface area contributed by atoms with E-state index in [1.165, 1.54) is 0 Å². The molecule has 0 radical (unpaired) electrons. The minimum atomic E-state index is -0.570. The molecule has 162 valence electrons. The minimum Gasteiger partial charge on any atom is -0.456 e. The summed E-state index contributed by atoms with van der Waals surface area (Å²) in [7, 11) is 0. The van der Waals surface area contributed by atoms with Crippen LogP contribution in [0.4, 0.5) is 0 Å². The Morgan fingerprint density at radius 1 is 1.20 bits per heavy atom. The van der Waals surface area contributed by atoms with Crippen LogP contribution in [0.5, 0.6) is 0 Å². The number of carbonyl (C=O) groups is 3. The number of nitrogens with zero attached hydrogens (tertiary/aromatic N) is 1. The first-order chi connectivity index (χ1) is 14.6. The molecule has 2 N–H and O–H groups in total. The average molecular weight is 415 g/mol. The molecule has 1 saturated heterocycles. The normalized spacial score (nSPS) is 25.8. The van der Waals surface area contributed by atoms with Gasteiger partial charge in [-0.2, -0.15) is 0 Å². The number of aliphatic hydroxyl groups is 1. The molecule has 2 aliphatic heterocycles. The van der Waals surface area contributed by atoms with E-state index in [1.807, 2.05) is 42.5 Å². The van der Waals surface area contributed by atoms with Crippen molar-refractivity contribution >= 4 is 17.8 Å². The summed E-state index contributed by atoms with van der Waals surface area (Å²) in [6.45, 7) is 0.735. The van der Waals surface area contributed by atoms with Gasteiger partial charge in [-0.05, 0) is 31.2 Å². The van der Waals surface area contributed by atoms with Gasteiger partial charge in [0.05, 0.1) is 25.1 Å². The van der Waals surface area contributed by atoms with E-state index in [0.717, 1.165) is 18.4 Å². The molecule has 0 aromatic heterocycles. The lowest BCUT2D eigenvalue weighted by Crippen LogP contribution is -2.41. The minimum absolute atomic E-state index is 0.0490. The van der Waals surface area contributed by atoms with Crippen LogP contribution in [-0.2, 0) is 19.1 Å². The molecule has 1 aromatic rings. The Labute approximate surface area is 177 Å². The fraction of sp³-hybridized carbons (Fsp3) is 0.522. The molecule has 30 heavy (non-hydrogen) atoms. The Balaban J connectivity index is 1.70. The summed E-state index contributed by atoms with van der Waals surface area (Å²) in [6, 6.07) is 9.17. The SMILES string of the molecule is O=C1CCC=CC[C@H](CC(=O)N2CCC[C@H]2CO)C(=O)NC[C@H](c2ccccc2)O1. The molecule has 0 spiro atoms. The lowest BCUT2D eigenvalue weighted by Gasteiger charge is -2.26. The van der Waals surface area contributed by atoms with Gasteiger partial charge >= 0.3 is 5.97 Å². The largest absolute Gasteiger partial charge is 0.456 e. The Hall–Kier alpha value is -2.67. The summed E-state index contributed by atoms with van der Waals surface area (Å²) >= 11 is 0. The zero-order valence-corrected chi connectivity index (χ0v) is 17.2. The van der Waals surface area contributed by atoms with Crippen LogP contribution in [-0.4, -0.2) is 53.5 Å². The van der Waals surface area contributed by atoms with Crippen LogP contribution >= 0.6 is 0 Å². The van der Waals surface area contributed by atoms with Gasteiger partial charge in [-0.25, -0.2) is 0 Å². The second-order valence-corrected chi connectivity index (χ2v) is 7.85. The molecule has 7 nitrogen and oxygen atoms in total. The van der Waals surface area contributed by atoms with Crippen LogP contribution in [0.15, 0.2) is 42.5 Å². The van der Waals surface area contributed by atoms with Gasteiger partial charge in [-0.15, -0.1) is 0 Å². The third kappa shape index (κ3) is 5.92. The number of rotatable bonds is 4. The molecular formula is C23H30N2O5. The van der Waals surface area contributed by atoms with Crippen LogP contribution in [0, 0.1) is 5.92 Å². The molecule has 0 bridgehead atoms. The van der Waals surface area contributed by atoms with Crippen molar-refractivity contribution in [3.05, 3.63) is 48.0 Å². The van der Waals surface area contributed by atoms with Crippen molar-refractivity contribution in [3.8, 4) is 0 Å². The second kappa shape index (κ2) is 10.9. The van der Waals surface area contributed by atoms with Crippen LogP contribution in [0.2, 0.25) is 0 Å². The lowest BCUT2D eigenvalue weighted by atomic mass is 9.98. The van der Waals surface area contributed by atoms with E-state index in [9.17, 15) is 19.5 Å². The van der Waals surface area contributed by atoms with Crippen LogP contribution in [0.1, 0.15) is 50.2 Å². The van der Waals surface area contributed by atoms with Gasteiger partial charge in [-0.1, -0.05) is 42.5 Å².